The predicted molar refractivity (Wildman–Crippen MR) is 105 cm³/mol. The minimum Gasteiger partial charge on any atom is -0.467 e. The molecule has 0 aromatic carbocycles. The number of methoxy groups -OCH3 is 1. The lowest BCUT2D eigenvalue weighted by molar-refractivity contribution is -0.150. The Balaban J connectivity index is 2.29. The Morgan fingerprint density at radius 3 is 2.69 bits per heavy atom. The van der Waals surface area contributed by atoms with E-state index in [9.17, 15) is 14.7 Å². The minimum atomic E-state index is -1.06. The minimum absolute atomic E-state index is 0.0909. The van der Waals surface area contributed by atoms with Crippen molar-refractivity contribution in [1.82, 2.24) is 0 Å². The quantitative estimate of drug-likeness (QED) is 0.291. The summed E-state index contributed by atoms with van der Waals surface area (Å²) in [6.45, 7) is 2.23. The number of allylic oxidation sites excluding steroid dienone is 4. The van der Waals surface area contributed by atoms with Gasteiger partial charge in [-0.25, -0.2) is 4.79 Å². The zero-order valence-corrected chi connectivity index (χ0v) is 16.5. The first-order chi connectivity index (χ1) is 12.6. The van der Waals surface area contributed by atoms with Gasteiger partial charge < -0.3 is 9.84 Å². The molecular formula is C22H36O4. The van der Waals surface area contributed by atoms with Crippen LogP contribution >= 0.6 is 0 Å². The average molecular weight is 365 g/mol. The fraction of sp³-hybridized carbons (Fsp3) is 0.727. The maximum atomic E-state index is 12.1. The smallest absolute Gasteiger partial charge is 0.334 e. The van der Waals surface area contributed by atoms with E-state index < -0.39 is 12.1 Å². The number of unbranched alkanes of at least 4 members (excludes halogenated alkanes) is 5. The molecule has 3 atom stereocenters. The second-order valence-electron chi connectivity index (χ2n) is 7.23. The lowest BCUT2D eigenvalue weighted by Gasteiger charge is -2.12. The van der Waals surface area contributed by atoms with Crippen LogP contribution in [0.5, 0.6) is 0 Å². The van der Waals surface area contributed by atoms with Gasteiger partial charge in [-0.1, -0.05) is 56.9 Å². The Hall–Kier alpha value is -1.42. The zero-order valence-electron chi connectivity index (χ0n) is 16.5. The monoisotopic (exact) mass is 364 g/mol. The molecule has 0 aromatic heterocycles. The number of rotatable bonds is 13. The molecule has 148 valence electrons. The molecule has 0 amide bonds. The van der Waals surface area contributed by atoms with Crippen molar-refractivity contribution in [3.8, 4) is 0 Å². The molecule has 26 heavy (non-hydrogen) atoms. The first-order valence-corrected chi connectivity index (χ1v) is 10.2. The molecule has 1 fully saturated rings. The number of Topliss-reactive ketones (excluding diaryl/α,β-unsaturated/α-hetero) is 1. The highest BCUT2D eigenvalue weighted by atomic mass is 16.5. The van der Waals surface area contributed by atoms with E-state index >= 15 is 0 Å². The molecule has 1 saturated carbocycles. The summed E-state index contributed by atoms with van der Waals surface area (Å²) in [5.74, 6) is 0.225. The van der Waals surface area contributed by atoms with E-state index in [4.69, 9.17) is 0 Å². The normalized spacial score (nSPS) is 21.7. The summed E-state index contributed by atoms with van der Waals surface area (Å²) in [5.41, 5.74) is 0. The molecule has 4 nitrogen and oxygen atoms in total. The van der Waals surface area contributed by atoms with Crippen LogP contribution in [0.15, 0.2) is 24.3 Å². The summed E-state index contributed by atoms with van der Waals surface area (Å²) in [6, 6.07) is 0. The van der Waals surface area contributed by atoms with Gasteiger partial charge in [0.15, 0.2) is 6.10 Å². The maximum absolute atomic E-state index is 12.1. The van der Waals surface area contributed by atoms with Crippen molar-refractivity contribution in [3.05, 3.63) is 24.3 Å². The molecule has 1 aliphatic rings. The number of carbonyl (C=O) groups excluding carboxylic acids is 2. The van der Waals surface area contributed by atoms with Gasteiger partial charge in [-0.3, -0.25) is 4.79 Å². The highest BCUT2D eigenvalue weighted by molar-refractivity contribution is 5.83. The topological polar surface area (TPSA) is 63.6 Å². The van der Waals surface area contributed by atoms with Crippen LogP contribution in [0.4, 0.5) is 0 Å². The van der Waals surface area contributed by atoms with Crippen molar-refractivity contribution in [2.24, 2.45) is 11.8 Å². The van der Waals surface area contributed by atoms with E-state index in [0.717, 1.165) is 19.3 Å². The molecule has 0 saturated heterocycles. The lowest BCUT2D eigenvalue weighted by atomic mass is 9.91. The number of hydrogen-bond acceptors (Lipinski definition) is 4. The third kappa shape index (κ3) is 8.79. The molecule has 0 aromatic rings. The second-order valence-corrected chi connectivity index (χ2v) is 7.23. The number of esters is 1. The van der Waals surface area contributed by atoms with Gasteiger partial charge in [0.05, 0.1) is 7.11 Å². The lowest BCUT2D eigenvalue weighted by Crippen LogP contribution is -2.21. The van der Waals surface area contributed by atoms with Gasteiger partial charge in [0.2, 0.25) is 0 Å². The van der Waals surface area contributed by atoms with Crippen molar-refractivity contribution in [1.29, 1.82) is 0 Å². The molecule has 0 radical (unpaired) electrons. The highest BCUT2D eigenvalue weighted by Gasteiger charge is 2.31. The molecule has 0 aliphatic heterocycles. The average Bonchev–Trinajstić information content (AvgIpc) is 2.99. The summed E-state index contributed by atoms with van der Waals surface area (Å²) in [6.07, 6.45) is 18.3. The van der Waals surface area contributed by atoms with Gasteiger partial charge in [0.1, 0.15) is 5.78 Å². The third-order valence-corrected chi connectivity index (χ3v) is 5.15. The van der Waals surface area contributed by atoms with Crippen molar-refractivity contribution >= 4 is 11.8 Å². The third-order valence-electron chi connectivity index (χ3n) is 5.15. The highest BCUT2D eigenvalue weighted by Crippen LogP contribution is 2.33. The Labute approximate surface area is 158 Å². The Kier molecular flexibility index (Phi) is 12.0. The summed E-state index contributed by atoms with van der Waals surface area (Å²) in [5, 5.41) is 9.53. The molecule has 1 unspecified atom stereocenters. The van der Waals surface area contributed by atoms with E-state index in [1.807, 2.05) is 12.2 Å². The number of ether oxygens (including phenoxy) is 1. The molecule has 0 bridgehead atoms. The summed E-state index contributed by atoms with van der Waals surface area (Å²) >= 11 is 0. The standard InChI is InChI=1S/C22H36O4/c1-3-4-5-6-7-8-10-13-18-16-17-20(23)19(18)14-11-9-12-15-21(24)22(25)26-2/h9-11,13,18-19,21,24H,3-8,12,14-17H2,1-2H3/t18-,19+,21?/m0/s1. The summed E-state index contributed by atoms with van der Waals surface area (Å²) < 4.78 is 4.49. The molecular weight excluding hydrogens is 328 g/mol. The van der Waals surface area contributed by atoms with Crippen LogP contribution < -0.4 is 0 Å². The van der Waals surface area contributed by atoms with E-state index in [0.29, 0.717) is 31.0 Å². The molecule has 1 rings (SSSR count). The number of hydrogen-bond donors (Lipinski definition) is 1. The van der Waals surface area contributed by atoms with Gasteiger partial charge >= 0.3 is 5.97 Å². The van der Waals surface area contributed by atoms with Gasteiger partial charge in [-0.15, -0.1) is 0 Å². The largest absolute Gasteiger partial charge is 0.467 e. The van der Waals surface area contributed by atoms with Gasteiger partial charge in [-0.2, -0.15) is 0 Å². The number of aliphatic hydroxyl groups excluding tert-OH is 1. The first-order valence-electron chi connectivity index (χ1n) is 10.2. The van der Waals surface area contributed by atoms with E-state index in [2.05, 4.69) is 23.8 Å². The molecule has 1 aliphatic carbocycles. The second kappa shape index (κ2) is 13.7. The van der Waals surface area contributed by atoms with Crippen LogP contribution in [-0.4, -0.2) is 30.1 Å². The maximum Gasteiger partial charge on any atom is 0.334 e. The van der Waals surface area contributed by atoms with E-state index in [-0.39, 0.29) is 5.92 Å². The fourth-order valence-electron chi connectivity index (χ4n) is 3.48. The van der Waals surface area contributed by atoms with E-state index in [1.165, 1.54) is 39.2 Å². The van der Waals surface area contributed by atoms with Crippen LogP contribution in [0, 0.1) is 11.8 Å². The molecule has 4 heteroatoms. The number of aliphatic hydroxyl groups is 1. The Morgan fingerprint density at radius 2 is 1.96 bits per heavy atom. The van der Waals surface area contributed by atoms with Crippen molar-refractivity contribution in [2.75, 3.05) is 7.11 Å². The van der Waals surface area contributed by atoms with Crippen LogP contribution in [-0.2, 0) is 14.3 Å². The molecule has 0 heterocycles. The van der Waals surface area contributed by atoms with Gasteiger partial charge in [-0.05, 0) is 44.4 Å². The van der Waals surface area contributed by atoms with Crippen molar-refractivity contribution < 1.29 is 19.4 Å². The predicted octanol–water partition coefficient (Wildman–Crippen LogP) is 4.76. The summed E-state index contributed by atoms with van der Waals surface area (Å²) in [7, 11) is 1.27. The zero-order chi connectivity index (χ0) is 19.2. The van der Waals surface area contributed by atoms with Crippen LogP contribution in [0.3, 0.4) is 0 Å². The van der Waals surface area contributed by atoms with E-state index in [1.54, 1.807) is 0 Å². The fourth-order valence-corrected chi connectivity index (χ4v) is 3.48. The van der Waals surface area contributed by atoms with Gasteiger partial charge in [0.25, 0.3) is 0 Å². The van der Waals surface area contributed by atoms with Gasteiger partial charge in [0, 0.05) is 12.3 Å². The SMILES string of the molecule is CCCCCCCC=C[C@H]1CCC(=O)[C@@H]1CC=CCCC(O)C(=O)OC. The van der Waals surface area contributed by atoms with Crippen molar-refractivity contribution in [2.45, 2.75) is 83.7 Å². The molecule has 0 spiro atoms. The first kappa shape index (κ1) is 22.6. The van der Waals surface area contributed by atoms with Crippen molar-refractivity contribution in [3.63, 3.8) is 0 Å². The van der Waals surface area contributed by atoms with Crippen LogP contribution in [0.25, 0.3) is 0 Å². The number of ketones is 1. The Morgan fingerprint density at radius 1 is 1.19 bits per heavy atom. The Bertz CT molecular complexity index is 467. The number of carbonyl (C=O) groups is 2. The summed E-state index contributed by atoms with van der Waals surface area (Å²) in [4.78, 5) is 23.2. The molecule has 1 N–H and O–H groups in total. The van der Waals surface area contributed by atoms with Crippen LogP contribution in [0.2, 0.25) is 0 Å². The van der Waals surface area contributed by atoms with Crippen LogP contribution in [0.1, 0.15) is 77.6 Å².